The molecular formula is C25H34N2O3. The highest BCUT2D eigenvalue weighted by molar-refractivity contribution is 5.85. The molecule has 5 heteroatoms. The summed E-state index contributed by atoms with van der Waals surface area (Å²) in [7, 11) is 1.45. The SMILES string of the molecule is COC(=O)C1(C)C(O)CCC2(C)CN3CCc4c([nH]c5ccccc45)C3(C)CC21C. The topological polar surface area (TPSA) is 65.6 Å². The zero-order chi connectivity index (χ0) is 21.5. The number of para-hydroxylation sites is 1. The van der Waals surface area contributed by atoms with E-state index in [-0.39, 0.29) is 16.9 Å². The van der Waals surface area contributed by atoms with Gasteiger partial charge in [-0.15, -0.1) is 0 Å². The largest absolute Gasteiger partial charge is 0.469 e. The van der Waals surface area contributed by atoms with E-state index in [1.54, 1.807) is 0 Å². The molecule has 2 aromatic rings. The fourth-order valence-corrected chi connectivity index (χ4v) is 7.37. The molecule has 0 amide bonds. The third-order valence-corrected chi connectivity index (χ3v) is 9.64. The molecule has 1 aliphatic carbocycles. The van der Waals surface area contributed by atoms with Crippen molar-refractivity contribution in [3.8, 4) is 0 Å². The number of carbonyl (C=O) groups excluding carboxylic acids is 1. The van der Waals surface area contributed by atoms with Crippen molar-refractivity contribution >= 4 is 16.9 Å². The van der Waals surface area contributed by atoms with E-state index < -0.39 is 16.9 Å². The van der Waals surface area contributed by atoms with Crippen molar-refractivity contribution in [2.75, 3.05) is 20.2 Å². The number of aliphatic hydroxyl groups is 1. The second-order valence-corrected chi connectivity index (χ2v) is 10.8. The number of fused-ring (bicyclic) bond motifs is 6. The molecule has 0 bridgehead atoms. The van der Waals surface area contributed by atoms with E-state index in [2.05, 4.69) is 54.9 Å². The Balaban J connectivity index is 1.70. The molecule has 0 spiro atoms. The monoisotopic (exact) mass is 410 g/mol. The van der Waals surface area contributed by atoms with Gasteiger partial charge < -0.3 is 14.8 Å². The fraction of sp³-hybridized carbons (Fsp3) is 0.640. The first-order valence-electron chi connectivity index (χ1n) is 11.2. The van der Waals surface area contributed by atoms with Gasteiger partial charge in [0.05, 0.1) is 24.2 Å². The minimum atomic E-state index is -0.937. The van der Waals surface area contributed by atoms with Gasteiger partial charge in [0.1, 0.15) is 0 Å². The molecule has 1 aromatic carbocycles. The molecule has 30 heavy (non-hydrogen) atoms. The number of esters is 1. The molecule has 2 N–H and O–H groups in total. The summed E-state index contributed by atoms with van der Waals surface area (Å²) in [6, 6.07) is 8.55. The van der Waals surface area contributed by atoms with Crippen molar-refractivity contribution in [2.45, 2.75) is 65.0 Å². The number of ether oxygens (including phenoxy) is 1. The lowest BCUT2D eigenvalue weighted by Gasteiger charge is -2.68. The highest BCUT2D eigenvalue weighted by atomic mass is 16.5. The highest BCUT2D eigenvalue weighted by Crippen LogP contribution is 2.68. The number of rotatable bonds is 1. The number of nitrogens with one attached hydrogen (secondary N) is 1. The molecule has 3 aliphatic rings. The number of piperidine rings is 1. The van der Waals surface area contributed by atoms with Crippen LogP contribution in [-0.2, 0) is 21.5 Å². The van der Waals surface area contributed by atoms with Gasteiger partial charge in [0.25, 0.3) is 0 Å². The van der Waals surface area contributed by atoms with Crippen LogP contribution in [0.5, 0.6) is 0 Å². The van der Waals surface area contributed by atoms with Gasteiger partial charge in [-0.2, -0.15) is 0 Å². The van der Waals surface area contributed by atoms with Gasteiger partial charge in [0.2, 0.25) is 0 Å². The second-order valence-electron chi connectivity index (χ2n) is 10.8. The van der Waals surface area contributed by atoms with E-state index in [4.69, 9.17) is 4.74 Å². The standard InChI is InChI=1S/C25H34N2O3/c1-22-12-10-19(28)25(4,21(29)30-5)24(22,3)14-23(2)20-17(11-13-27(23)15-22)16-8-6-7-9-18(16)26-20/h6-9,19,26,28H,10-15H2,1-5H3. The molecule has 1 aromatic heterocycles. The van der Waals surface area contributed by atoms with Crippen LogP contribution in [0.4, 0.5) is 0 Å². The summed E-state index contributed by atoms with van der Waals surface area (Å²) in [6.07, 6.45) is 2.71. The van der Waals surface area contributed by atoms with Gasteiger partial charge in [-0.25, -0.2) is 0 Å². The predicted octanol–water partition coefficient (Wildman–Crippen LogP) is 3.99. The first-order valence-corrected chi connectivity index (χ1v) is 11.2. The lowest BCUT2D eigenvalue weighted by Crippen LogP contribution is -2.71. The Morgan fingerprint density at radius 1 is 1.23 bits per heavy atom. The number of methoxy groups -OCH3 is 1. The molecule has 162 valence electrons. The summed E-state index contributed by atoms with van der Waals surface area (Å²) in [5.74, 6) is -0.284. The summed E-state index contributed by atoms with van der Waals surface area (Å²) in [5, 5.41) is 12.4. The quantitative estimate of drug-likeness (QED) is 0.698. The third-order valence-electron chi connectivity index (χ3n) is 9.64. The van der Waals surface area contributed by atoms with Gasteiger partial charge in [-0.05, 0) is 62.0 Å². The Labute approximate surface area is 178 Å². The number of benzene rings is 1. The van der Waals surface area contributed by atoms with Crippen LogP contribution < -0.4 is 0 Å². The number of aromatic nitrogens is 1. The van der Waals surface area contributed by atoms with Crippen molar-refractivity contribution in [3.63, 3.8) is 0 Å². The van der Waals surface area contributed by atoms with Crippen LogP contribution in [0.15, 0.2) is 24.3 Å². The van der Waals surface area contributed by atoms with Crippen molar-refractivity contribution in [1.29, 1.82) is 0 Å². The van der Waals surface area contributed by atoms with E-state index in [0.29, 0.717) is 6.42 Å². The normalized spacial score (nSPS) is 41.1. The van der Waals surface area contributed by atoms with Gasteiger partial charge in [0.15, 0.2) is 0 Å². The smallest absolute Gasteiger partial charge is 0.314 e. The van der Waals surface area contributed by atoms with Crippen LogP contribution in [0.3, 0.4) is 0 Å². The number of hydrogen-bond donors (Lipinski definition) is 2. The second kappa shape index (κ2) is 6.10. The third kappa shape index (κ3) is 2.18. The summed E-state index contributed by atoms with van der Waals surface area (Å²) in [6.45, 7) is 10.8. The molecule has 2 fully saturated rings. The molecule has 0 radical (unpaired) electrons. The van der Waals surface area contributed by atoms with Gasteiger partial charge >= 0.3 is 5.97 Å². The van der Waals surface area contributed by atoms with Gasteiger partial charge in [-0.3, -0.25) is 9.69 Å². The maximum Gasteiger partial charge on any atom is 0.314 e. The maximum absolute atomic E-state index is 13.1. The van der Waals surface area contributed by atoms with Crippen molar-refractivity contribution in [2.24, 2.45) is 16.2 Å². The molecule has 3 heterocycles. The summed E-state index contributed by atoms with van der Waals surface area (Å²) >= 11 is 0. The van der Waals surface area contributed by atoms with Crippen LogP contribution in [0.1, 0.15) is 58.2 Å². The molecular weight excluding hydrogens is 376 g/mol. The number of H-pyrrole nitrogens is 1. The molecule has 1 saturated carbocycles. The molecule has 5 nitrogen and oxygen atoms in total. The van der Waals surface area contributed by atoms with Gasteiger partial charge in [0, 0.05) is 29.7 Å². The maximum atomic E-state index is 13.1. The van der Waals surface area contributed by atoms with Gasteiger partial charge in [-0.1, -0.05) is 32.0 Å². The first kappa shape index (κ1) is 20.1. The Morgan fingerprint density at radius 2 is 1.97 bits per heavy atom. The van der Waals surface area contributed by atoms with E-state index in [1.807, 2.05) is 6.92 Å². The minimum absolute atomic E-state index is 0.0712. The van der Waals surface area contributed by atoms with Crippen molar-refractivity contribution < 1.29 is 14.6 Å². The number of nitrogens with zero attached hydrogens (tertiary/aromatic N) is 1. The fourth-order valence-electron chi connectivity index (χ4n) is 7.37. The Morgan fingerprint density at radius 3 is 2.70 bits per heavy atom. The average molecular weight is 411 g/mol. The Kier molecular flexibility index (Phi) is 4.08. The lowest BCUT2D eigenvalue weighted by atomic mass is 9.41. The summed E-state index contributed by atoms with van der Waals surface area (Å²) < 4.78 is 5.29. The van der Waals surface area contributed by atoms with Crippen molar-refractivity contribution in [3.05, 3.63) is 35.5 Å². The summed E-state index contributed by atoms with van der Waals surface area (Å²) in [4.78, 5) is 19.5. The molecule has 5 rings (SSSR count). The minimum Gasteiger partial charge on any atom is -0.469 e. The zero-order valence-corrected chi connectivity index (χ0v) is 18.8. The van der Waals surface area contributed by atoms with Crippen LogP contribution in [0.25, 0.3) is 10.9 Å². The van der Waals surface area contributed by atoms with E-state index in [1.165, 1.54) is 29.3 Å². The number of aliphatic hydroxyl groups excluding tert-OH is 1. The van der Waals surface area contributed by atoms with Crippen LogP contribution in [-0.4, -0.2) is 47.3 Å². The molecule has 5 atom stereocenters. The average Bonchev–Trinajstić information content (AvgIpc) is 3.11. The van der Waals surface area contributed by atoms with E-state index in [9.17, 15) is 9.90 Å². The Bertz CT molecular complexity index is 1030. The van der Waals surface area contributed by atoms with Crippen LogP contribution >= 0.6 is 0 Å². The molecule has 1 saturated heterocycles. The van der Waals surface area contributed by atoms with E-state index >= 15 is 0 Å². The summed E-state index contributed by atoms with van der Waals surface area (Å²) in [5.41, 5.74) is 2.25. The Hall–Kier alpha value is -1.85. The zero-order valence-electron chi connectivity index (χ0n) is 18.8. The highest BCUT2D eigenvalue weighted by Gasteiger charge is 2.70. The van der Waals surface area contributed by atoms with Crippen molar-refractivity contribution in [1.82, 2.24) is 9.88 Å². The lowest BCUT2D eigenvalue weighted by molar-refractivity contribution is -0.236. The molecule has 5 unspecified atom stereocenters. The predicted molar refractivity (Wildman–Crippen MR) is 117 cm³/mol. The van der Waals surface area contributed by atoms with E-state index in [0.717, 1.165) is 32.4 Å². The first-order chi connectivity index (χ1) is 14.1. The number of hydrogen-bond acceptors (Lipinski definition) is 4. The number of aromatic amines is 1. The number of carbonyl (C=O) groups is 1. The van der Waals surface area contributed by atoms with Crippen LogP contribution in [0.2, 0.25) is 0 Å². The molecule has 2 aliphatic heterocycles. The van der Waals surface area contributed by atoms with Crippen LogP contribution in [0, 0.1) is 16.2 Å².